The molecule has 0 bridgehead atoms. The summed E-state index contributed by atoms with van der Waals surface area (Å²) in [7, 11) is 0. The Hall–Kier alpha value is -2.18. The van der Waals surface area contributed by atoms with E-state index in [-0.39, 0.29) is 5.78 Å². The molecule has 2 aromatic rings. The van der Waals surface area contributed by atoms with Gasteiger partial charge in [-0.15, -0.1) is 11.3 Å². The summed E-state index contributed by atoms with van der Waals surface area (Å²) in [5.41, 5.74) is 0.949. The molecule has 1 atom stereocenters. The van der Waals surface area contributed by atoms with E-state index in [0.29, 0.717) is 20.5 Å². The Kier molecular flexibility index (Phi) is 5.52. The summed E-state index contributed by atoms with van der Waals surface area (Å²) >= 11 is 6.84. The van der Waals surface area contributed by atoms with Gasteiger partial charge in [-0.25, -0.2) is 4.79 Å². The molecule has 1 amide bonds. The van der Waals surface area contributed by atoms with Crippen LogP contribution in [0.25, 0.3) is 0 Å². The smallest absolute Gasteiger partial charge is 0.349 e. The molecule has 2 rings (SSSR count). The third-order valence-corrected chi connectivity index (χ3v) is 4.18. The summed E-state index contributed by atoms with van der Waals surface area (Å²) in [4.78, 5) is 35.6. The minimum Gasteiger partial charge on any atom is -0.448 e. The van der Waals surface area contributed by atoms with Crippen molar-refractivity contribution in [3.8, 4) is 0 Å². The van der Waals surface area contributed by atoms with Crippen LogP contribution in [0.4, 0.5) is 5.69 Å². The Balaban J connectivity index is 1.98. The lowest BCUT2D eigenvalue weighted by Gasteiger charge is -2.13. The molecular formula is C16H14ClNO4S. The first-order valence-electron chi connectivity index (χ1n) is 6.75. The van der Waals surface area contributed by atoms with Crippen molar-refractivity contribution >= 4 is 46.3 Å². The molecule has 7 heteroatoms. The predicted octanol–water partition coefficient (Wildman–Crippen LogP) is 3.79. The molecule has 0 aliphatic carbocycles. The predicted molar refractivity (Wildman–Crippen MR) is 89.3 cm³/mol. The molecule has 0 spiro atoms. The van der Waals surface area contributed by atoms with Gasteiger partial charge in [0.2, 0.25) is 0 Å². The second-order valence-electron chi connectivity index (χ2n) is 4.78. The molecular weight excluding hydrogens is 338 g/mol. The van der Waals surface area contributed by atoms with Crippen LogP contribution in [0.15, 0.2) is 36.4 Å². The van der Waals surface area contributed by atoms with E-state index in [4.69, 9.17) is 16.3 Å². The Bertz CT molecular complexity index is 756. The van der Waals surface area contributed by atoms with Crippen LogP contribution >= 0.6 is 22.9 Å². The quantitative estimate of drug-likeness (QED) is 0.657. The zero-order valence-corrected chi connectivity index (χ0v) is 14.0. The number of hydrogen-bond acceptors (Lipinski definition) is 5. The number of amides is 1. The number of nitrogens with one attached hydrogen (secondary N) is 1. The molecule has 1 aromatic heterocycles. The molecule has 1 heterocycles. The number of anilines is 1. The van der Waals surface area contributed by atoms with Crippen molar-refractivity contribution in [2.45, 2.75) is 20.0 Å². The first-order chi connectivity index (χ1) is 10.9. The highest BCUT2D eigenvalue weighted by molar-refractivity contribution is 7.17. The Morgan fingerprint density at radius 1 is 1.22 bits per heavy atom. The lowest BCUT2D eigenvalue weighted by Crippen LogP contribution is -2.29. The van der Waals surface area contributed by atoms with Gasteiger partial charge in [-0.3, -0.25) is 9.59 Å². The largest absolute Gasteiger partial charge is 0.448 e. The monoisotopic (exact) mass is 351 g/mol. The minimum atomic E-state index is -0.982. The molecule has 0 aliphatic heterocycles. The lowest BCUT2D eigenvalue weighted by molar-refractivity contribution is -0.123. The van der Waals surface area contributed by atoms with Crippen LogP contribution in [-0.2, 0) is 9.53 Å². The molecule has 23 heavy (non-hydrogen) atoms. The zero-order valence-electron chi connectivity index (χ0n) is 12.5. The van der Waals surface area contributed by atoms with E-state index in [1.54, 1.807) is 30.3 Å². The van der Waals surface area contributed by atoms with Gasteiger partial charge in [0, 0.05) is 11.3 Å². The highest BCUT2D eigenvalue weighted by Crippen LogP contribution is 2.22. The normalized spacial score (nSPS) is 11.6. The maximum absolute atomic E-state index is 12.1. The zero-order chi connectivity index (χ0) is 17.0. The maximum Gasteiger partial charge on any atom is 0.349 e. The second kappa shape index (κ2) is 7.39. The van der Waals surface area contributed by atoms with Gasteiger partial charge in [-0.2, -0.15) is 0 Å². The average Bonchev–Trinajstić information content (AvgIpc) is 2.94. The molecule has 0 unspecified atom stereocenters. The van der Waals surface area contributed by atoms with Crippen molar-refractivity contribution in [2.75, 3.05) is 5.32 Å². The number of carbonyl (C=O) groups excluding carboxylic acids is 3. The van der Waals surface area contributed by atoms with Crippen LogP contribution in [-0.4, -0.2) is 23.8 Å². The Morgan fingerprint density at radius 2 is 1.96 bits per heavy atom. The van der Waals surface area contributed by atoms with E-state index >= 15 is 0 Å². The summed E-state index contributed by atoms with van der Waals surface area (Å²) in [6, 6.07) is 9.65. The highest BCUT2D eigenvalue weighted by Gasteiger charge is 2.20. The van der Waals surface area contributed by atoms with Gasteiger partial charge in [0.25, 0.3) is 5.91 Å². The van der Waals surface area contributed by atoms with E-state index < -0.39 is 18.0 Å². The first-order valence-corrected chi connectivity index (χ1v) is 7.94. The molecule has 0 aliphatic rings. The molecule has 1 N–H and O–H groups in total. The van der Waals surface area contributed by atoms with Crippen molar-refractivity contribution in [1.29, 1.82) is 0 Å². The van der Waals surface area contributed by atoms with Crippen molar-refractivity contribution in [3.63, 3.8) is 0 Å². The van der Waals surface area contributed by atoms with Gasteiger partial charge in [-0.05, 0) is 38.1 Å². The van der Waals surface area contributed by atoms with Crippen LogP contribution in [0.1, 0.15) is 33.9 Å². The van der Waals surface area contributed by atoms with Gasteiger partial charge in [0.1, 0.15) is 4.88 Å². The standard InChI is InChI=1S/C16H14ClNO4S/c1-9(19)11-4-3-5-12(8-11)18-15(20)10(2)22-16(21)13-6-7-14(17)23-13/h3-8,10H,1-2H3,(H,18,20)/t10-/m1/s1. The minimum absolute atomic E-state index is 0.102. The number of carbonyl (C=O) groups is 3. The third-order valence-electron chi connectivity index (χ3n) is 2.96. The van der Waals surface area contributed by atoms with Gasteiger partial charge in [0.15, 0.2) is 11.9 Å². The van der Waals surface area contributed by atoms with Gasteiger partial charge in [0.05, 0.1) is 4.34 Å². The second-order valence-corrected chi connectivity index (χ2v) is 6.49. The molecule has 0 saturated carbocycles. The van der Waals surface area contributed by atoms with Crippen molar-refractivity contribution < 1.29 is 19.1 Å². The fraction of sp³-hybridized carbons (Fsp3) is 0.188. The van der Waals surface area contributed by atoms with Gasteiger partial charge < -0.3 is 10.1 Å². The summed E-state index contributed by atoms with van der Waals surface area (Å²) in [6.07, 6.45) is -0.982. The summed E-state index contributed by atoms with van der Waals surface area (Å²) in [6.45, 7) is 2.91. The van der Waals surface area contributed by atoms with E-state index in [9.17, 15) is 14.4 Å². The highest BCUT2D eigenvalue weighted by atomic mass is 35.5. The van der Waals surface area contributed by atoms with Crippen LogP contribution in [0, 0.1) is 0 Å². The number of Topliss-reactive ketones (excluding diaryl/α,β-unsaturated/α-hetero) is 1. The van der Waals surface area contributed by atoms with E-state index in [0.717, 1.165) is 11.3 Å². The number of thiophene rings is 1. The van der Waals surface area contributed by atoms with Crippen LogP contribution in [0.5, 0.6) is 0 Å². The fourth-order valence-corrected chi connectivity index (χ4v) is 2.68. The van der Waals surface area contributed by atoms with E-state index in [1.165, 1.54) is 19.9 Å². The Labute approximate surface area is 142 Å². The molecule has 5 nitrogen and oxygen atoms in total. The summed E-state index contributed by atoms with van der Waals surface area (Å²) < 4.78 is 5.56. The summed E-state index contributed by atoms with van der Waals surface area (Å²) in [5, 5.41) is 2.61. The first kappa shape index (κ1) is 17.2. The van der Waals surface area contributed by atoms with E-state index in [2.05, 4.69) is 5.32 Å². The molecule has 0 radical (unpaired) electrons. The lowest BCUT2D eigenvalue weighted by atomic mass is 10.1. The van der Waals surface area contributed by atoms with Gasteiger partial charge in [-0.1, -0.05) is 23.7 Å². The molecule has 0 saturated heterocycles. The van der Waals surface area contributed by atoms with E-state index in [1.807, 2.05) is 0 Å². The topological polar surface area (TPSA) is 72.5 Å². The maximum atomic E-state index is 12.1. The van der Waals surface area contributed by atoms with Crippen LogP contribution in [0.3, 0.4) is 0 Å². The van der Waals surface area contributed by atoms with Crippen LogP contribution < -0.4 is 5.32 Å². The average molecular weight is 352 g/mol. The number of hydrogen-bond donors (Lipinski definition) is 1. The number of benzene rings is 1. The van der Waals surface area contributed by atoms with Crippen molar-refractivity contribution in [1.82, 2.24) is 0 Å². The van der Waals surface area contributed by atoms with Crippen LogP contribution in [0.2, 0.25) is 4.34 Å². The number of rotatable bonds is 5. The summed E-state index contributed by atoms with van der Waals surface area (Å²) in [5.74, 6) is -1.20. The number of halogens is 1. The number of ketones is 1. The molecule has 1 aromatic carbocycles. The fourth-order valence-electron chi connectivity index (χ4n) is 1.76. The number of esters is 1. The third kappa shape index (κ3) is 4.64. The SMILES string of the molecule is CC(=O)c1cccc(NC(=O)[C@@H](C)OC(=O)c2ccc(Cl)s2)c1. The molecule has 0 fully saturated rings. The van der Waals surface area contributed by atoms with Crippen molar-refractivity contribution in [2.24, 2.45) is 0 Å². The van der Waals surface area contributed by atoms with Crippen molar-refractivity contribution in [3.05, 3.63) is 51.2 Å². The Morgan fingerprint density at radius 3 is 2.57 bits per heavy atom. The van der Waals surface area contributed by atoms with Gasteiger partial charge >= 0.3 is 5.97 Å². The molecule has 120 valence electrons. The number of ether oxygens (including phenoxy) is 1.